The molecule has 0 saturated carbocycles. The maximum atomic E-state index is 13.2. The molecule has 0 bridgehead atoms. The molecule has 0 spiro atoms. The van der Waals surface area contributed by atoms with Gasteiger partial charge in [0.15, 0.2) is 5.17 Å². The molecule has 1 aliphatic heterocycles. The second-order valence-electron chi connectivity index (χ2n) is 4.64. The summed E-state index contributed by atoms with van der Waals surface area (Å²) in [5, 5.41) is 3.91. The Labute approximate surface area is 146 Å². The van der Waals surface area contributed by atoms with Gasteiger partial charge in [-0.2, -0.15) is 0 Å². The van der Waals surface area contributed by atoms with Crippen LogP contribution < -0.4 is 5.32 Å². The van der Waals surface area contributed by atoms with Gasteiger partial charge in [0.05, 0.1) is 20.6 Å². The molecule has 23 heavy (non-hydrogen) atoms. The molecule has 2 aromatic rings. The van der Waals surface area contributed by atoms with E-state index in [4.69, 9.17) is 23.2 Å². The fourth-order valence-corrected chi connectivity index (χ4v) is 3.03. The third-order valence-corrected chi connectivity index (χ3v) is 4.58. The molecule has 3 rings (SSSR count). The second kappa shape index (κ2) is 6.74. The summed E-state index contributed by atoms with van der Waals surface area (Å²) in [6.45, 7) is 0. The zero-order valence-electron chi connectivity index (χ0n) is 11.5. The van der Waals surface area contributed by atoms with Gasteiger partial charge >= 0.3 is 0 Å². The number of amidine groups is 1. The Kier molecular flexibility index (Phi) is 4.71. The predicted molar refractivity (Wildman–Crippen MR) is 93.7 cm³/mol. The average Bonchev–Trinajstić information content (AvgIpc) is 2.83. The van der Waals surface area contributed by atoms with Gasteiger partial charge in [-0.3, -0.25) is 4.79 Å². The van der Waals surface area contributed by atoms with Crippen LogP contribution >= 0.6 is 35.0 Å². The zero-order valence-corrected chi connectivity index (χ0v) is 13.8. The highest BCUT2D eigenvalue weighted by atomic mass is 35.5. The number of nitrogens with one attached hydrogen (secondary N) is 1. The number of thioether (sulfide) groups is 1. The van der Waals surface area contributed by atoms with Crippen molar-refractivity contribution in [3.63, 3.8) is 0 Å². The Bertz CT molecular complexity index is 852. The van der Waals surface area contributed by atoms with Crippen LogP contribution in [-0.2, 0) is 4.79 Å². The summed E-state index contributed by atoms with van der Waals surface area (Å²) in [6, 6.07) is 11.0. The highest BCUT2D eigenvalue weighted by Gasteiger charge is 2.23. The molecule has 1 N–H and O–H groups in total. The number of rotatable bonds is 2. The molecule has 1 amide bonds. The van der Waals surface area contributed by atoms with Gasteiger partial charge in [-0.15, -0.1) is 0 Å². The van der Waals surface area contributed by atoms with E-state index in [2.05, 4.69) is 10.3 Å². The number of carbonyl (C=O) groups excluding carboxylic acids is 1. The van der Waals surface area contributed by atoms with Crippen LogP contribution in [0, 0.1) is 5.82 Å². The van der Waals surface area contributed by atoms with Crippen LogP contribution in [0.2, 0.25) is 10.0 Å². The molecule has 1 fully saturated rings. The summed E-state index contributed by atoms with van der Waals surface area (Å²) < 4.78 is 13.2. The van der Waals surface area contributed by atoms with E-state index in [1.807, 2.05) is 0 Å². The van der Waals surface area contributed by atoms with Crippen LogP contribution in [0.3, 0.4) is 0 Å². The molecule has 116 valence electrons. The van der Waals surface area contributed by atoms with Crippen LogP contribution in [0.15, 0.2) is 52.4 Å². The fraction of sp³-hybridized carbons (Fsp3) is 0. The first kappa shape index (κ1) is 16.1. The maximum Gasteiger partial charge on any atom is 0.264 e. The topological polar surface area (TPSA) is 41.5 Å². The maximum absolute atomic E-state index is 13.2. The minimum Gasteiger partial charge on any atom is -0.300 e. The largest absolute Gasteiger partial charge is 0.300 e. The molecule has 1 saturated heterocycles. The van der Waals surface area contributed by atoms with Crippen molar-refractivity contribution >= 4 is 57.8 Å². The van der Waals surface area contributed by atoms with E-state index in [0.29, 0.717) is 31.4 Å². The monoisotopic (exact) mass is 366 g/mol. The van der Waals surface area contributed by atoms with Crippen LogP contribution in [0.25, 0.3) is 6.08 Å². The lowest BCUT2D eigenvalue weighted by molar-refractivity contribution is -0.115. The van der Waals surface area contributed by atoms with E-state index in [0.717, 1.165) is 0 Å². The molecule has 0 unspecified atom stereocenters. The number of amides is 1. The number of aliphatic imine (C=N–C) groups is 1. The van der Waals surface area contributed by atoms with E-state index in [9.17, 15) is 9.18 Å². The molecular formula is C16H9Cl2FN2OS. The van der Waals surface area contributed by atoms with Crippen molar-refractivity contribution in [2.24, 2.45) is 4.99 Å². The molecule has 1 heterocycles. The Morgan fingerprint density at radius 1 is 1.13 bits per heavy atom. The predicted octanol–water partition coefficient (Wildman–Crippen LogP) is 5.02. The van der Waals surface area contributed by atoms with Gasteiger partial charge in [-0.1, -0.05) is 35.3 Å². The number of hydrogen-bond acceptors (Lipinski definition) is 3. The van der Waals surface area contributed by atoms with Crippen molar-refractivity contribution in [2.45, 2.75) is 0 Å². The standard InChI is InChI=1S/C16H9Cl2FN2OS/c17-12-5-4-11(8-13(12)18)20-16-21-15(22)14(23-16)7-9-2-1-3-10(19)6-9/h1-8H,(H,20,21,22)/b14-7-. The first-order valence-corrected chi connectivity index (χ1v) is 8.09. The van der Waals surface area contributed by atoms with E-state index in [1.165, 1.54) is 23.9 Å². The van der Waals surface area contributed by atoms with E-state index in [1.54, 1.807) is 36.4 Å². The lowest BCUT2D eigenvalue weighted by Gasteiger charge is -1.99. The van der Waals surface area contributed by atoms with E-state index in [-0.39, 0.29) is 11.7 Å². The number of halogens is 3. The molecule has 0 radical (unpaired) electrons. The van der Waals surface area contributed by atoms with Crippen LogP contribution in [0.1, 0.15) is 5.56 Å². The average molecular weight is 367 g/mol. The number of nitrogens with zero attached hydrogens (tertiary/aromatic N) is 1. The molecule has 0 aliphatic carbocycles. The van der Waals surface area contributed by atoms with Crippen LogP contribution in [-0.4, -0.2) is 11.1 Å². The normalized spacial score (nSPS) is 17.8. The Balaban J connectivity index is 1.84. The van der Waals surface area contributed by atoms with Gasteiger partial charge in [-0.05, 0) is 53.7 Å². The zero-order chi connectivity index (χ0) is 16.4. The van der Waals surface area contributed by atoms with Crippen molar-refractivity contribution in [2.75, 3.05) is 0 Å². The van der Waals surface area contributed by atoms with Crippen molar-refractivity contribution in [3.8, 4) is 0 Å². The SMILES string of the molecule is O=C1NC(=Nc2ccc(Cl)c(Cl)c2)S/C1=C\c1cccc(F)c1. The second-order valence-corrected chi connectivity index (χ2v) is 6.48. The van der Waals surface area contributed by atoms with Crippen molar-refractivity contribution < 1.29 is 9.18 Å². The number of benzene rings is 2. The third-order valence-electron chi connectivity index (χ3n) is 2.93. The van der Waals surface area contributed by atoms with Gasteiger partial charge in [0, 0.05) is 0 Å². The summed E-state index contributed by atoms with van der Waals surface area (Å²) in [5.74, 6) is -0.634. The van der Waals surface area contributed by atoms with Gasteiger partial charge < -0.3 is 5.32 Å². The Morgan fingerprint density at radius 3 is 2.70 bits per heavy atom. The highest BCUT2D eigenvalue weighted by Crippen LogP contribution is 2.30. The quantitative estimate of drug-likeness (QED) is 0.757. The van der Waals surface area contributed by atoms with Crippen LogP contribution in [0.5, 0.6) is 0 Å². The molecular weight excluding hydrogens is 358 g/mol. The van der Waals surface area contributed by atoms with Crippen molar-refractivity contribution in [3.05, 3.63) is 68.8 Å². The lowest BCUT2D eigenvalue weighted by atomic mass is 10.2. The summed E-state index contributed by atoms with van der Waals surface area (Å²) in [5.41, 5.74) is 1.19. The molecule has 0 atom stereocenters. The molecule has 1 aliphatic rings. The lowest BCUT2D eigenvalue weighted by Crippen LogP contribution is -2.19. The summed E-state index contributed by atoms with van der Waals surface area (Å²) in [4.78, 5) is 16.7. The Hall–Kier alpha value is -1.82. The van der Waals surface area contributed by atoms with Gasteiger partial charge in [-0.25, -0.2) is 9.38 Å². The first-order chi connectivity index (χ1) is 11.0. The van der Waals surface area contributed by atoms with Gasteiger partial charge in [0.2, 0.25) is 0 Å². The Morgan fingerprint density at radius 2 is 1.96 bits per heavy atom. The van der Waals surface area contributed by atoms with E-state index >= 15 is 0 Å². The van der Waals surface area contributed by atoms with Gasteiger partial charge in [0.25, 0.3) is 5.91 Å². The minimum atomic E-state index is -0.354. The molecule has 0 aromatic heterocycles. The summed E-state index contributed by atoms with van der Waals surface area (Å²) in [7, 11) is 0. The minimum absolute atomic E-state index is 0.280. The van der Waals surface area contributed by atoms with Crippen molar-refractivity contribution in [1.29, 1.82) is 0 Å². The van der Waals surface area contributed by atoms with E-state index < -0.39 is 0 Å². The number of carbonyl (C=O) groups is 1. The molecule has 7 heteroatoms. The van der Waals surface area contributed by atoms with Crippen molar-refractivity contribution in [1.82, 2.24) is 5.32 Å². The summed E-state index contributed by atoms with van der Waals surface area (Å²) >= 11 is 13.0. The first-order valence-electron chi connectivity index (χ1n) is 6.51. The summed E-state index contributed by atoms with van der Waals surface area (Å²) in [6.07, 6.45) is 1.61. The van der Waals surface area contributed by atoms with Crippen LogP contribution in [0.4, 0.5) is 10.1 Å². The fourth-order valence-electron chi connectivity index (χ4n) is 1.90. The highest BCUT2D eigenvalue weighted by molar-refractivity contribution is 8.18. The molecule has 3 nitrogen and oxygen atoms in total. The number of hydrogen-bond donors (Lipinski definition) is 1. The molecule has 2 aromatic carbocycles. The van der Waals surface area contributed by atoms with Gasteiger partial charge in [0.1, 0.15) is 5.82 Å². The third kappa shape index (κ3) is 3.93. The smallest absolute Gasteiger partial charge is 0.264 e.